The number of hydrogen-bond donors (Lipinski definition) is 1. The lowest BCUT2D eigenvalue weighted by atomic mass is 9.92. The summed E-state index contributed by atoms with van der Waals surface area (Å²) < 4.78 is 15.6. The van der Waals surface area contributed by atoms with Gasteiger partial charge in [-0.2, -0.15) is 0 Å². The third-order valence-corrected chi connectivity index (χ3v) is 3.18. The molecule has 0 saturated heterocycles. The molecule has 1 N–H and O–H groups in total. The number of hydrogen-bond acceptors (Lipinski definition) is 6. The Morgan fingerprint density at radius 1 is 1.12 bits per heavy atom. The molecule has 0 aliphatic rings. The molecule has 1 unspecified atom stereocenters. The molecule has 0 aromatic carbocycles. The lowest BCUT2D eigenvalue weighted by Gasteiger charge is -2.25. The standard InChI is InChI=1S/C18H32O7/c1-7-8-9-23-17(22)15(13(16(20)21)10-12(2)3)24-11-14(19)25-18(4,5)6/h12-13,15H,7-11H2,1-6H3,(H,20,21)/t13-,15?/m1/s1. The first-order valence-electron chi connectivity index (χ1n) is 8.70. The van der Waals surface area contributed by atoms with Gasteiger partial charge in [-0.1, -0.05) is 27.2 Å². The molecule has 2 atom stereocenters. The monoisotopic (exact) mass is 360 g/mol. The van der Waals surface area contributed by atoms with Crippen molar-refractivity contribution in [3.05, 3.63) is 0 Å². The second-order valence-electron chi connectivity index (χ2n) is 7.41. The Morgan fingerprint density at radius 3 is 2.16 bits per heavy atom. The van der Waals surface area contributed by atoms with Crippen LogP contribution < -0.4 is 0 Å². The lowest BCUT2D eigenvalue weighted by Crippen LogP contribution is -2.41. The smallest absolute Gasteiger partial charge is 0.336 e. The number of ether oxygens (including phenoxy) is 3. The van der Waals surface area contributed by atoms with E-state index >= 15 is 0 Å². The molecule has 0 rings (SSSR count). The fourth-order valence-corrected chi connectivity index (χ4v) is 2.14. The van der Waals surface area contributed by atoms with Gasteiger partial charge in [0, 0.05) is 0 Å². The first kappa shape index (κ1) is 23.4. The minimum absolute atomic E-state index is 0.0390. The summed E-state index contributed by atoms with van der Waals surface area (Å²) in [6.07, 6.45) is 0.401. The van der Waals surface area contributed by atoms with Gasteiger partial charge in [0.2, 0.25) is 0 Å². The van der Waals surface area contributed by atoms with Gasteiger partial charge in [-0.3, -0.25) is 4.79 Å². The summed E-state index contributed by atoms with van der Waals surface area (Å²) in [7, 11) is 0. The van der Waals surface area contributed by atoms with E-state index < -0.39 is 42.1 Å². The van der Waals surface area contributed by atoms with E-state index in [-0.39, 0.29) is 18.9 Å². The first-order chi connectivity index (χ1) is 11.5. The Hall–Kier alpha value is -1.63. The maximum Gasteiger partial charge on any atom is 0.336 e. The Kier molecular flexibility index (Phi) is 10.4. The molecule has 0 saturated carbocycles. The molecular weight excluding hydrogens is 328 g/mol. The Bertz CT molecular complexity index is 437. The van der Waals surface area contributed by atoms with Crippen LogP contribution in [0.1, 0.15) is 60.8 Å². The van der Waals surface area contributed by atoms with Crippen molar-refractivity contribution in [3.8, 4) is 0 Å². The van der Waals surface area contributed by atoms with Crippen molar-refractivity contribution in [2.45, 2.75) is 72.5 Å². The van der Waals surface area contributed by atoms with Gasteiger partial charge in [-0.15, -0.1) is 0 Å². The van der Waals surface area contributed by atoms with Crippen LogP contribution >= 0.6 is 0 Å². The van der Waals surface area contributed by atoms with Crippen LogP contribution in [-0.2, 0) is 28.6 Å². The molecule has 0 heterocycles. The molecule has 0 aliphatic carbocycles. The highest BCUT2D eigenvalue weighted by Gasteiger charge is 2.37. The number of carboxylic acids is 1. The van der Waals surface area contributed by atoms with Gasteiger partial charge in [0.15, 0.2) is 6.10 Å². The van der Waals surface area contributed by atoms with Crippen molar-refractivity contribution in [2.24, 2.45) is 11.8 Å². The van der Waals surface area contributed by atoms with Gasteiger partial charge in [-0.25, -0.2) is 9.59 Å². The minimum Gasteiger partial charge on any atom is -0.481 e. The average molecular weight is 360 g/mol. The van der Waals surface area contributed by atoms with Gasteiger partial charge < -0.3 is 19.3 Å². The van der Waals surface area contributed by atoms with E-state index in [0.29, 0.717) is 6.42 Å². The summed E-state index contributed by atoms with van der Waals surface area (Å²) in [6, 6.07) is 0. The maximum atomic E-state index is 12.3. The van der Waals surface area contributed by atoms with Crippen molar-refractivity contribution in [1.29, 1.82) is 0 Å². The zero-order valence-corrected chi connectivity index (χ0v) is 16.2. The van der Waals surface area contributed by atoms with Crippen LogP contribution in [0.25, 0.3) is 0 Å². The van der Waals surface area contributed by atoms with Crippen molar-refractivity contribution in [1.82, 2.24) is 0 Å². The molecular formula is C18H32O7. The van der Waals surface area contributed by atoms with E-state index in [2.05, 4.69) is 0 Å². The third kappa shape index (κ3) is 10.8. The molecule has 0 aromatic rings. The van der Waals surface area contributed by atoms with E-state index in [0.717, 1.165) is 6.42 Å². The predicted octanol–water partition coefficient (Wildman–Crippen LogP) is 2.80. The molecule has 0 aromatic heterocycles. The number of carbonyl (C=O) groups is 3. The maximum absolute atomic E-state index is 12.3. The summed E-state index contributed by atoms with van der Waals surface area (Å²) in [5, 5.41) is 9.46. The highest BCUT2D eigenvalue weighted by atomic mass is 16.6. The van der Waals surface area contributed by atoms with E-state index in [1.807, 2.05) is 20.8 Å². The first-order valence-corrected chi connectivity index (χ1v) is 8.70. The summed E-state index contributed by atoms with van der Waals surface area (Å²) in [4.78, 5) is 35.7. The van der Waals surface area contributed by atoms with E-state index in [4.69, 9.17) is 14.2 Å². The second-order valence-corrected chi connectivity index (χ2v) is 7.41. The molecule has 7 heteroatoms. The Morgan fingerprint density at radius 2 is 1.72 bits per heavy atom. The Labute approximate surface area is 150 Å². The predicted molar refractivity (Wildman–Crippen MR) is 92.0 cm³/mol. The van der Waals surface area contributed by atoms with Crippen LogP contribution in [0.3, 0.4) is 0 Å². The van der Waals surface area contributed by atoms with Crippen LogP contribution in [0.2, 0.25) is 0 Å². The highest BCUT2D eigenvalue weighted by Crippen LogP contribution is 2.20. The van der Waals surface area contributed by atoms with Gasteiger partial charge in [0.05, 0.1) is 12.5 Å². The molecule has 0 spiro atoms. The molecule has 146 valence electrons. The molecule has 0 fully saturated rings. The van der Waals surface area contributed by atoms with Crippen LogP contribution in [0.5, 0.6) is 0 Å². The van der Waals surface area contributed by atoms with Gasteiger partial charge in [-0.05, 0) is 39.5 Å². The van der Waals surface area contributed by atoms with Crippen molar-refractivity contribution in [2.75, 3.05) is 13.2 Å². The Balaban J connectivity index is 5.06. The van der Waals surface area contributed by atoms with Gasteiger partial charge in [0.1, 0.15) is 12.2 Å². The number of carboxylic acid groups (broad SMARTS) is 1. The van der Waals surface area contributed by atoms with Crippen molar-refractivity contribution >= 4 is 17.9 Å². The zero-order valence-electron chi connectivity index (χ0n) is 16.2. The van der Waals surface area contributed by atoms with Crippen LogP contribution in [-0.4, -0.2) is 47.9 Å². The molecule has 0 radical (unpaired) electrons. The minimum atomic E-state index is -1.34. The summed E-state index contributed by atoms with van der Waals surface area (Å²) in [6.45, 7) is 10.5. The molecule has 0 bridgehead atoms. The number of unbranched alkanes of at least 4 members (excludes halogenated alkanes) is 1. The molecule has 7 nitrogen and oxygen atoms in total. The van der Waals surface area contributed by atoms with Crippen molar-refractivity contribution in [3.63, 3.8) is 0 Å². The third-order valence-electron chi connectivity index (χ3n) is 3.18. The lowest BCUT2D eigenvalue weighted by molar-refractivity contribution is -0.177. The number of carbonyl (C=O) groups excluding carboxylic acids is 2. The summed E-state index contributed by atoms with van der Waals surface area (Å²) >= 11 is 0. The quantitative estimate of drug-likeness (QED) is 0.447. The fourth-order valence-electron chi connectivity index (χ4n) is 2.14. The topological polar surface area (TPSA) is 99.1 Å². The van der Waals surface area contributed by atoms with Crippen LogP contribution in [0.4, 0.5) is 0 Å². The van der Waals surface area contributed by atoms with E-state index in [1.165, 1.54) is 0 Å². The van der Waals surface area contributed by atoms with E-state index in [9.17, 15) is 19.5 Å². The summed E-state index contributed by atoms with van der Waals surface area (Å²) in [5.74, 6) is -3.62. The average Bonchev–Trinajstić information content (AvgIpc) is 2.44. The number of rotatable bonds is 11. The summed E-state index contributed by atoms with van der Waals surface area (Å²) in [5.41, 5.74) is -0.693. The normalized spacial score (nSPS) is 14.0. The molecule has 0 aliphatic heterocycles. The van der Waals surface area contributed by atoms with E-state index in [1.54, 1.807) is 20.8 Å². The van der Waals surface area contributed by atoms with Crippen LogP contribution in [0.15, 0.2) is 0 Å². The molecule has 0 amide bonds. The SMILES string of the molecule is CCCCOC(=O)C(OCC(=O)OC(C)(C)C)[C@@H](CC(C)C)C(=O)O. The van der Waals surface area contributed by atoms with Gasteiger partial charge in [0.25, 0.3) is 0 Å². The number of aliphatic carboxylic acids is 1. The molecule has 25 heavy (non-hydrogen) atoms. The van der Waals surface area contributed by atoms with Crippen molar-refractivity contribution < 1.29 is 33.7 Å². The van der Waals surface area contributed by atoms with Crippen LogP contribution in [0, 0.1) is 11.8 Å². The van der Waals surface area contributed by atoms with Gasteiger partial charge >= 0.3 is 17.9 Å². The number of esters is 2. The highest BCUT2D eigenvalue weighted by molar-refractivity contribution is 5.83. The zero-order chi connectivity index (χ0) is 19.6. The largest absolute Gasteiger partial charge is 0.481 e. The second kappa shape index (κ2) is 11.1. The fraction of sp³-hybridized carbons (Fsp3) is 0.833.